The molecule has 0 saturated heterocycles. The Morgan fingerprint density at radius 3 is 2.70 bits per heavy atom. The van der Waals surface area contributed by atoms with Gasteiger partial charge < -0.3 is 0 Å². The molecule has 0 heterocycles. The zero-order valence-electron chi connectivity index (χ0n) is 6.33. The molecule has 0 nitrogen and oxygen atoms in total. The molecule has 0 unspecified atom stereocenters. The largest absolute Gasteiger partial charge is 0.188 e. The smallest absolute Gasteiger partial charge is 0.151 e. The molecule has 0 spiro atoms. The van der Waals surface area contributed by atoms with Crippen molar-refractivity contribution in [3.63, 3.8) is 0 Å². The van der Waals surface area contributed by atoms with Gasteiger partial charge in [-0.15, -0.1) is 0 Å². The van der Waals surface area contributed by atoms with Crippen LogP contribution in [0.25, 0.3) is 0 Å². The average Bonchev–Trinajstić information content (AvgIpc) is 1.90. The van der Waals surface area contributed by atoms with Gasteiger partial charge in [0.1, 0.15) is 0 Å². The predicted molar refractivity (Wildman–Crippen MR) is 56.8 cm³/mol. The highest BCUT2D eigenvalue weighted by Gasteiger charge is 1.86. The van der Waals surface area contributed by atoms with Gasteiger partial charge in [0, 0.05) is 4.91 Å². The van der Waals surface area contributed by atoms with Crippen LogP contribution in [0.4, 0.5) is 0 Å². The molecule has 3 heteroatoms. The van der Waals surface area contributed by atoms with Gasteiger partial charge in [-0.25, -0.2) is 0 Å². The summed E-state index contributed by atoms with van der Waals surface area (Å²) in [5.41, 5.74) is 0. The first-order chi connectivity index (χ1) is 4.85. The van der Waals surface area contributed by atoms with E-state index in [1.165, 1.54) is 4.91 Å². The van der Waals surface area contributed by atoms with Crippen LogP contribution < -0.4 is 0 Å². The van der Waals surface area contributed by atoms with Crippen molar-refractivity contribution < 1.29 is 0 Å². The molecule has 10 heavy (non-hydrogen) atoms. The molecule has 0 bridgehead atoms. The summed E-state index contributed by atoms with van der Waals surface area (Å²) in [6, 6.07) is 0. The monoisotopic (exact) mass is 170 g/mol. The lowest BCUT2D eigenvalue weighted by atomic mass is 10.4. The lowest BCUT2D eigenvalue weighted by molar-refractivity contribution is 1.72. The first-order valence-corrected chi connectivity index (χ1v) is 5.57. The fraction of sp³-hybridized carbons (Fsp3) is 0.143. The lowest BCUT2D eigenvalue weighted by Gasteiger charge is -1.94. The molecule has 0 aliphatic carbocycles. The summed E-state index contributed by atoms with van der Waals surface area (Å²) >= 11 is 0. The Labute approximate surface area is 71.6 Å². The highest BCUT2D eigenvalue weighted by atomic mass is 33.1. The molecule has 0 atom stereocenters. The van der Waals surface area contributed by atoms with Gasteiger partial charge in [-0.2, -0.15) is 10.6 Å². The molecule has 0 amide bonds. The van der Waals surface area contributed by atoms with E-state index in [-0.39, 0.29) is 0 Å². The molecular formula is C7H11BS2. The zero-order valence-corrected chi connectivity index (χ0v) is 7.97. The molecular weight excluding hydrogens is 159 g/mol. The van der Waals surface area contributed by atoms with Crippen LogP contribution in [-0.2, 0) is 0 Å². The summed E-state index contributed by atoms with van der Waals surface area (Å²) in [6.45, 7) is 5.64. The Hall–Kier alpha value is -0.0151. The van der Waals surface area contributed by atoms with Gasteiger partial charge >= 0.3 is 0 Å². The summed E-state index contributed by atoms with van der Waals surface area (Å²) in [5, 5.41) is 0. The topological polar surface area (TPSA) is 0 Å². The molecule has 0 rings (SSSR count). The van der Waals surface area contributed by atoms with Crippen LogP contribution in [0.1, 0.15) is 6.92 Å². The Bertz CT molecular complexity index is 150. The van der Waals surface area contributed by atoms with Crippen molar-refractivity contribution in [2.45, 2.75) is 6.92 Å². The highest BCUT2D eigenvalue weighted by molar-refractivity contribution is 8.85. The summed E-state index contributed by atoms with van der Waals surface area (Å²) in [5.74, 6) is 0. The van der Waals surface area contributed by atoms with Crippen molar-refractivity contribution in [2.24, 2.45) is 0 Å². The first kappa shape index (κ1) is 9.98. The van der Waals surface area contributed by atoms with Gasteiger partial charge in [0.25, 0.3) is 0 Å². The second kappa shape index (κ2) is 7.10. The molecule has 0 aromatic heterocycles. The first-order valence-electron chi connectivity index (χ1n) is 3.01. The third-order valence-corrected chi connectivity index (χ3v) is 2.50. The molecule has 0 aliphatic rings. The Morgan fingerprint density at radius 2 is 2.30 bits per heavy atom. The molecule has 0 aliphatic heterocycles. The van der Waals surface area contributed by atoms with E-state index in [4.69, 9.17) is 0 Å². The number of hydrogen-bond acceptors (Lipinski definition) is 2. The van der Waals surface area contributed by atoms with Crippen molar-refractivity contribution >= 4 is 28.6 Å². The molecule has 0 saturated carbocycles. The maximum absolute atomic E-state index is 3.63. The van der Waals surface area contributed by atoms with Gasteiger partial charge in [0.2, 0.25) is 0 Å². The van der Waals surface area contributed by atoms with Crippen LogP contribution in [0.5, 0.6) is 0 Å². The van der Waals surface area contributed by atoms with Crippen LogP contribution >= 0.6 is 21.4 Å². The molecule has 0 fully saturated rings. The summed E-state index contributed by atoms with van der Waals surface area (Å²) in [6.07, 6.45) is 7.90. The number of allylic oxidation sites excluding steroid dienone is 4. The van der Waals surface area contributed by atoms with Crippen LogP contribution in [0.15, 0.2) is 35.8 Å². The van der Waals surface area contributed by atoms with Gasteiger partial charge in [0.15, 0.2) is 7.12 Å². The fourth-order valence-electron chi connectivity index (χ4n) is 0.488. The number of rotatable bonds is 4. The minimum Gasteiger partial charge on any atom is -0.151 e. The summed E-state index contributed by atoms with van der Waals surface area (Å²) in [7, 11) is 5.54. The third-order valence-electron chi connectivity index (χ3n) is 0.793. The van der Waals surface area contributed by atoms with Gasteiger partial charge in [-0.1, -0.05) is 35.6 Å². The summed E-state index contributed by atoms with van der Waals surface area (Å²) < 4.78 is 0. The standard InChI is InChI=1S/C7H11BS2/c1-3-5-7(6-4-2)9-10-8/h3-6H,1,8H2,2H3/b6-4-,7-5+. The quantitative estimate of drug-likeness (QED) is 0.361. The van der Waals surface area contributed by atoms with E-state index < -0.39 is 0 Å². The summed E-state index contributed by atoms with van der Waals surface area (Å²) in [4.78, 5) is 1.24. The minimum absolute atomic E-state index is 1.24. The van der Waals surface area contributed by atoms with E-state index in [0.29, 0.717) is 0 Å². The van der Waals surface area contributed by atoms with E-state index in [1.807, 2.05) is 19.1 Å². The maximum Gasteiger partial charge on any atom is 0.188 e. The van der Waals surface area contributed by atoms with Crippen molar-refractivity contribution in [1.82, 2.24) is 0 Å². The fourth-order valence-corrected chi connectivity index (χ4v) is 1.93. The normalized spacial score (nSPS) is 12.3. The van der Waals surface area contributed by atoms with Crippen LogP contribution in [0.2, 0.25) is 0 Å². The average molecular weight is 170 g/mol. The SMILES string of the molecule is BSSC(/C=C\C)=C/C=C. The van der Waals surface area contributed by atoms with Gasteiger partial charge in [0.05, 0.1) is 0 Å². The van der Waals surface area contributed by atoms with Crippen LogP contribution in [0.3, 0.4) is 0 Å². The van der Waals surface area contributed by atoms with Crippen molar-refractivity contribution in [3.05, 3.63) is 35.8 Å². The zero-order chi connectivity index (χ0) is 7.82. The lowest BCUT2D eigenvalue weighted by Crippen LogP contribution is -1.63. The van der Waals surface area contributed by atoms with Gasteiger partial charge in [-0.05, 0) is 13.0 Å². The molecule has 0 aromatic rings. The van der Waals surface area contributed by atoms with Crippen molar-refractivity contribution in [2.75, 3.05) is 0 Å². The second-order valence-electron chi connectivity index (χ2n) is 1.55. The molecule has 0 radical (unpaired) electrons. The van der Waals surface area contributed by atoms with Crippen molar-refractivity contribution in [1.29, 1.82) is 0 Å². The van der Waals surface area contributed by atoms with E-state index >= 15 is 0 Å². The molecule has 54 valence electrons. The van der Waals surface area contributed by atoms with Crippen LogP contribution in [-0.4, -0.2) is 7.12 Å². The van der Waals surface area contributed by atoms with E-state index in [2.05, 4.69) is 19.8 Å². The van der Waals surface area contributed by atoms with E-state index in [1.54, 1.807) is 27.5 Å². The highest BCUT2D eigenvalue weighted by Crippen LogP contribution is 2.27. The van der Waals surface area contributed by atoms with Crippen molar-refractivity contribution in [3.8, 4) is 0 Å². The minimum atomic E-state index is 1.24. The van der Waals surface area contributed by atoms with Gasteiger partial charge in [-0.3, -0.25) is 0 Å². The number of hydrogen-bond donors (Lipinski definition) is 0. The Balaban J connectivity index is 3.96. The Kier molecular flexibility index (Phi) is 7.09. The Morgan fingerprint density at radius 1 is 1.60 bits per heavy atom. The third kappa shape index (κ3) is 4.83. The molecule has 0 aromatic carbocycles. The van der Waals surface area contributed by atoms with E-state index in [9.17, 15) is 0 Å². The second-order valence-corrected chi connectivity index (χ2v) is 4.03. The molecule has 0 N–H and O–H groups in total. The van der Waals surface area contributed by atoms with Crippen LogP contribution in [0, 0.1) is 0 Å². The maximum atomic E-state index is 3.63. The predicted octanol–water partition coefficient (Wildman–Crippen LogP) is 2.56. The van der Waals surface area contributed by atoms with E-state index in [0.717, 1.165) is 0 Å².